The topological polar surface area (TPSA) is 84.7 Å². The van der Waals surface area contributed by atoms with Gasteiger partial charge in [0.15, 0.2) is 5.78 Å². The van der Waals surface area contributed by atoms with Crippen molar-refractivity contribution in [3.63, 3.8) is 0 Å². The van der Waals surface area contributed by atoms with E-state index in [1.807, 2.05) is 0 Å². The molecule has 20 heavy (non-hydrogen) atoms. The van der Waals surface area contributed by atoms with Gasteiger partial charge in [-0.15, -0.1) is 11.3 Å². The van der Waals surface area contributed by atoms with E-state index in [4.69, 9.17) is 10.5 Å². The number of nitrogens with one attached hydrogen (secondary N) is 1. The molecule has 0 saturated carbocycles. The Bertz CT molecular complexity index is 541. The molecular weight excluding hydrogens is 278 g/mol. The van der Waals surface area contributed by atoms with Gasteiger partial charge in [0.25, 0.3) is 5.91 Å². The molecule has 1 unspecified atom stereocenters. The number of rotatable bonds is 4. The van der Waals surface area contributed by atoms with E-state index in [9.17, 15) is 9.59 Å². The Morgan fingerprint density at radius 1 is 1.50 bits per heavy atom. The maximum atomic E-state index is 12.0. The van der Waals surface area contributed by atoms with Crippen molar-refractivity contribution in [1.29, 1.82) is 0 Å². The quantitative estimate of drug-likeness (QED) is 0.814. The molecule has 0 bridgehead atoms. The minimum atomic E-state index is -0.262. The average molecular weight is 297 g/mol. The van der Waals surface area contributed by atoms with Gasteiger partial charge in [0.05, 0.1) is 22.2 Å². The van der Waals surface area contributed by atoms with E-state index in [1.165, 1.54) is 18.3 Å². The molecule has 0 aliphatic carbocycles. The highest BCUT2D eigenvalue weighted by Crippen LogP contribution is 2.40. The molecule has 0 radical (unpaired) electrons. The van der Waals surface area contributed by atoms with Gasteiger partial charge in [-0.3, -0.25) is 9.59 Å². The Morgan fingerprint density at radius 2 is 2.20 bits per heavy atom. The first-order valence-corrected chi connectivity index (χ1v) is 7.24. The summed E-state index contributed by atoms with van der Waals surface area (Å²) >= 11 is 1.28. The molecule has 1 saturated heterocycles. The Balaban J connectivity index is 2.43. The Kier molecular flexibility index (Phi) is 4.29. The Labute approximate surface area is 121 Å². The predicted molar refractivity (Wildman–Crippen MR) is 79.8 cm³/mol. The van der Waals surface area contributed by atoms with Gasteiger partial charge >= 0.3 is 0 Å². The van der Waals surface area contributed by atoms with Gasteiger partial charge in [-0.1, -0.05) is 0 Å². The van der Waals surface area contributed by atoms with Crippen LogP contribution in [0.1, 0.15) is 33.4 Å². The van der Waals surface area contributed by atoms with Gasteiger partial charge in [-0.25, -0.2) is 0 Å². The maximum absolute atomic E-state index is 12.0. The molecule has 1 aromatic rings. The summed E-state index contributed by atoms with van der Waals surface area (Å²) in [7, 11) is 3.23. The number of hydrogen-bond acceptors (Lipinski definition) is 6. The van der Waals surface area contributed by atoms with Crippen molar-refractivity contribution in [3.05, 3.63) is 10.4 Å². The molecule has 3 N–H and O–H groups in total. The minimum Gasteiger partial charge on any atom is -0.397 e. The fraction of sp³-hybridized carbons (Fsp3) is 0.538. The molecule has 1 atom stereocenters. The molecule has 0 aromatic carbocycles. The number of ketones is 1. The molecule has 6 nitrogen and oxygen atoms in total. The number of methoxy groups -OCH3 is 1. The summed E-state index contributed by atoms with van der Waals surface area (Å²) in [4.78, 5) is 26.2. The van der Waals surface area contributed by atoms with Crippen LogP contribution in [0.5, 0.6) is 0 Å². The van der Waals surface area contributed by atoms with Crippen LogP contribution in [0, 0.1) is 0 Å². The van der Waals surface area contributed by atoms with Crippen LogP contribution in [0.4, 0.5) is 10.7 Å². The van der Waals surface area contributed by atoms with Crippen molar-refractivity contribution < 1.29 is 14.3 Å². The third kappa shape index (κ3) is 2.51. The fourth-order valence-corrected chi connectivity index (χ4v) is 3.51. The van der Waals surface area contributed by atoms with E-state index < -0.39 is 0 Å². The molecule has 1 amide bonds. The largest absolute Gasteiger partial charge is 0.397 e. The second-order valence-electron chi connectivity index (χ2n) is 4.75. The van der Waals surface area contributed by atoms with Crippen LogP contribution >= 0.6 is 11.3 Å². The van der Waals surface area contributed by atoms with Gasteiger partial charge in [0.1, 0.15) is 5.00 Å². The summed E-state index contributed by atoms with van der Waals surface area (Å²) in [5, 5.41) is 3.34. The number of thiophene rings is 1. The lowest BCUT2D eigenvalue weighted by molar-refractivity contribution is 0.0964. The number of hydrogen-bond donors (Lipinski definition) is 2. The molecule has 1 aliphatic heterocycles. The van der Waals surface area contributed by atoms with Crippen molar-refractivity contribution in [3.8, 4) is 0 Å². The number of nitrogens with zero attached hydrogens (tertiary/aromatic N) is 1. The highest BCUT2D eigenvalue weighted by Gasteiger charge is 2.30. The van der Waals surface area contributed by atoms with E-state index in [2.05, 4.69) is 10.2 Å². The van der Waals surface area contributed by atoms with E-state index in [1.54, 1.807) is 14.2 Å². The van der Waals surface area contributed by atoms with E-state index >= 15 is 0 Å². The standard InChI is InChI=1S/C13H19N3O3S/c1-7(17)11-10(14)9(12(18)15-2)13(20-11)16-5-4-8(6-16)19-3/h8H,4-6,14H2,1-3H3,(H,15,18). The van der Waals surface area contributed by atoms with Gasteiger partial charge in [0, 0.05) is 34.2 Å². The van der Waals surface area contributed by atoms with Gasteiger partial charge < -0.3 is 20.7 Å². The van der Waals surface area contributed by atoms with Crippen molar-refractivity contribution in [2.24, 2.45) is 0 Å². The first-order chi connectivity index (χ1) is 9.49. The Morgan fingerprint density at radius 3 is 2.70 bits per heavy atom. The van der Waals surface area contributed by atoms with Crippen molar-refractivity contribution >= 4 is 33.7 Å². The smallest absolute Gasteiger partial charge is 0.256 e. The maximum Gasteiger partial charge on any atom is 0.256 e. The van der Waals surface area contributed by atoms with Crippen molar-refractivity contribution in [1.82, 2.24) is 5.32 Å². The van der Waals surface area contributed by atoms with Crippen LogP contribution in [-0.4, -0.2) is 45.0 Å². The fourth-order valence-electron chi connectivity index (χ4n) is 2.37. The summed E-state index contributed by atoms with van der Waals surface area (Å²) < 4.78 is 5.34. The van der Waals surface area contributed by atoms with E-state index in [0.29, 0.717) is 17.0 Å². The zero-order valence-electron chi connectivity index (χ0n) is 11.9. The second kappa shape index (κ2) is 5.80. The molecular formula is C13H19N3O3S. The summed E-state index contributed by atoms with van der Waals surface area (Å²) in [5.41, 5.74) is 6.67. The van der Waals surface area contributed by atoms with E-state index in [-0.39, 0.29) is 23.5 Å². The van der Waals surface area contributed by atoms with Crippen LogP contribution in [-0.2, 0) is 4.74 Å². The molecule has 1 aromatic heterocycles. The lowest BCUT2D eigenvalue weighted by Crippen LogP contribution is -2.26. The van der Waals surface area contributed by atoms with Crippen LogP contribution in [0.2, 0.25) is 0 Å². The molecule has 7 heteroatoms. The first kappa shape index (κ1) is 14.8. The summed E-state index contributed by atoms with van der Waals surface area (Å²) in [6.07, 6.45) is 1.05. The normalized spacial score (nSPS) is 18.4. The number of nitrogens with two attached hydrogens (primary N) is 1. The second-order valence-corrected chi connectivity index (χ2v) is 5.75. The third-order valence-electron chi connectivity index (χ3n) is 3.47. The summed E-state index contributed by atoms with van der Waals surface area (Å²) in [6, 6.07) is 0. The lowest BCUT2D eigenvalue weighted by atomic mass is 10.2. The number of carbonyl (C=O) groups is 2. The summed E-state index contributed by atoms with van der Waals surface area (Å²) in [6.45, 7) is 2.96. The van der Waals surface area contributed by atoms with Gasteiger partial charge in [-0.05, 0) is 6.42 Å². The SMILES string of the molecule is CNC(=O)c1c(N2CCC(OC)C2)sc(C(C)=O)c1N. The Hall–Kier alpha value is -1.60. The third-order valence-corrected chi connectivity index (χ3v) is 4.83. The highest BCUT2D eigenvalue weighted by atomic mass is 32.1. The number of carbonyl (C=O) groups excluding carboxylic acids is 2. The van der Waals surface area contributed by atoms with Gasteiger partial charge in [-0.2, -0.15) is 0 Å². The van der Waals surface area contributed by atoms with Gasteiger partial charge in [0.2, 0.25) is 0 Å². The molecule has 1 aliphatic rings. The van der Waals surface area contributed by atoms with Crippen LogP contribution in [0.3, 0.4) is 0 Å². The average Bonchev–Trinajstić information content (AvgIpc) is 3.01. The van der Waals surface area contributed by atoms with Crippen LogP contribution in [0.25, 0.3) is 0 Å². The number of nitrogen functional groups attached to an aromatic ring is 1. The first-order valence-electron chi connectivity index (χ1n) is 6.42. The number of ether oxygens (including phenoxy) is 1. The molecule has 0 spiro atoms. The van der Waals surface area contributed by atoms with Crippen LogP contribution < -0.4 is 16.0 Å². The molecule has 1 fully saturated rings. The zero-order valence-corrected chi connectivity index (χ0v) is 12.7. The molecule has 2 heterocycles. The zero-order chi connectivity index (χ0) is 14.9. The number of Topliss-reactive ketones (excluding diaryl/α,β-unsaturated/α-hetero) is 1. The number of anilines is 2. The molecule has 2 rings (SSSR count). The molecule has 110 valence electrons. The highest BCUT2D eigenvalue weighted by molar-refractivity contribution is 7.19. The monoisotopic (exact) mass is 297 g/mol. The van der Waals surface area contributed by atoms with Crippen LogP contribution in [0.15, 0.2) is 0 Å². The van der Waals surface area contributed by atoms with Crippen molar-refractivity contribution in [2.75, 3.05) is 37.9 Å². The predicted octanol–water partition coefficient (Wildman–Crippen LogP) is 1.12. The van der Waals surface area contributed by atoms with E-state index in [0.717, 1.165) is 18.0 Å². The minimum absolute atomic E-state index is 0.119. The number of amides is 1. The van der Waals surface area contributed by atoms with Crippen molar-refractivity contribution in [2.45, 2.75) is 19.4 Å². The summed E-state index contributed by atoms with van der Waals surface area (Å²) in [5.74, 6) is -0.381. The lowest BCUT2D eigenvalue weighted by Gasteiger charge is -2.17.